The second-order valence-corrected chi connectivity index (χ2v) is 7.10. The molecule has 0 amide bonds. The average Bonchev–Trinajstić information content (AvgIpc) is 2.38. The Labute approximate surface area is 120 Å². The van der Waals surface area contributed by atoms with Crippen molar-refractivity contribution in [1.82, 2.24) is 0 Å². The summed E-state index contributed by atoms with van der Waals surface area (Å²) in [6.45, 7) is 3.43. The van der Waals surface area contributed by atoms with Gasteiger partial charge in [-0.1, -0.05) is 61.6 Å². The summed E-state index contributed by atoms with van der Waals surface area (Å²) in [5, 5.41) is 0. The predicted molar refractivity (Wildman–Crippen MR) is 81.8 cm³/mol. The summed E-state index contributed by atoms with van der Waals surface area (Å²) in [5.74, 6) is 1.73. The fraction of sp³-hybridized carbons (Fsp3) is 1.00. The molecule has 0 aromatic heterocycles. The number of hydrogen-bond acceptors (Lipinski definition) is 1. The van der Waals surface area contributed by atoms with Crippen molar-refractivity contribution in [2.75, 3.05) is 11.0 Å². The largest absolute Gasteiger partial charge is 0.374 e. The zero-order valence-electron chi connectivity index (χ0n) is 11.2. The molecule has 0 aliphatic heterocycles. The van der Waals surface area contributed by atoms with Crippen LogP contribution in [0.25, 0.3) is 0 Å². The van der Waals surface area contributed by atoms with Gasteiger partial charge in [-0.3, -0.25) is 0 Å². The smallest absolute Gasteiger partial charge is 0.0774 e. The summed E-state index contributed by atoms with van der Waals surface area (Å²) < 4.78 is 7.60. The Kier molecular flexibility index (Phi) is 5.59. The molecule has 0 saturated heterocycles. The Morgan fingerprint density at radius 3 is 2.53 bits per heavy atom. The standard InChI is InChI=1S/C15H27IO/c1-13-6-5-9-15(10-13,12-16)17-11-14-7-3-2-4-8-14/h13-14H,2-12H2,1H3. The van der Waals surface area contributed by atoms with Gasteiger partial charge >= 0.3 is 0 Å². The highest BCUT2D eigenvalue weighted by Gasteiger charge is 2.35. The SMILES string of the molecule is CC1CCCC(CI)(OCC2CCCCC2)C1. The molecule has 1 nitrogen and oxygen atoms in total. The van der Waals surface area contributed by atoms with Gasteiger partial charge in [-0.2, -0.15) is 0 Å². The van der Waals surface area contributed by atoms with E-state index in [1.807, 2.05) is 0 Å². The quantitative estimate of drug-likeness (QED) is 0.514. The molecule has 2 aliphatic carbocycles. The predicted octanol–water partition coefficient (Wildman–Crippen LogP) is 4.97. The fourth-order valence-electron chi connectivity index (χ4n) is 3.55. The van der Waals surface area contributed by atoms with Crippen molar-refractivity contribution in [3.05, 3.63) is 0 Å². The molecule has 2 aliphatic rings. The van der Waals surface area contributed by atoms with E-state index in [0.717, 1.165) is 18.4 Å². The fourth-order valence-corrected chi connectivity index (χ4v) is 4.46. The van der Waals surface area contributed by atoms with Crippen LogP contribution in [0.3, 0.4) is 0 Å². The van der Waals surface area contributed by atoms with Crippen molar-refractivity contribution >= 4 is 22.6 Å². The summed E-state index contributed by atoms with van der Waals surface area (Å²) in [4.78, 5) is 0. The molecule has 0 heterocycles. The van der Waals surface area contributed by atoms with E-state index in [1.54, 1.807) is 0 Å². The normalized spacial score (nSPS) is 36.0. The molecule has 2 rings (SSSR count). The second kappa shape index (κ2) is 6.74. The third-order valence-corrected chi connectivity index (χ3v) is 6.03. The maximum atomic E-state index is 6.42. The molecular weight excluding hydrogens is 323 g/mol. The van der Waals surface area contributed by atoms with Gasteiger partial charge in [0, 0.05) is 4.43 Å². The first-order valence-electron chi connectivity index (χ1n) is 7.44. The summed E-state index contributed by atoms with van der Waals surface area (Å²) in [6, 6.07) is 0. The third kappa shape index (κ3) is 4.09. The van der Waals surface area contributed by atoms with Crippen molar-refractivity contribution in [2.45, 2.75) is 70.3 Å². The Hall–Kier alpha value is 0.690. The van der Waals surface area contributed by atoms with E-state index in [2.05, 4.69) is 29.5 Å². The van der Waals surface area contributed by atoms with Crippen LogP contribution in [0.2, 0.25) is 0 Å². The van der Waals surface area contributed by atoms with Crippen molar-refractivity contribution in [3.63, 3.8) is 0 Å². The highest BCUT2D eigenvalue weighted by molar-refractivity contribution is 14.1. The molecule has 0 aromatic rings. The third-order valence-electron chi connectivity index (χ3n) is 4.64. The summed E-state index contributed by atoms with van der Waals surface area (Å²) >= 11 is 2.54. The van der Waals surface area contributed by atoms with Gasteiger partial charge in [0.2, 0.25) is 0 Å². The lowest BCUT2D eigenvalue weighted by molar-refractivity contribution is -0.0785. The minimum atomic E-state index is 0.232. The molecule has 0 bridgehead atoms. The lowest BCUT2D eigenvalue weighted by Crippen LogP contribution is -2.40. The van der Waals surface area contributed by atoms with Gasteiger partial charge in [0.25, 0.3) is 0 Å². The number of halogens is 1. The zero-order chi connectivity index (χ0) is 12.1. The van der Waals surface area contributed by atoms with Crippen LogP contribution in [0.1, 0.15) is 64.7 Å². The highest BCUT2D eigenvalue weighted by Crippen LogP contribution is 2.37. The van der Waals surface area contributed by atoms with Gasteiger partial charge < -0.3 is 4.74 Å². The minimum absolute atomic E-state index is 0.232. The van der Waals surface area contributed by atoms with Crippen molar-refractivity contribution in [1.29, 1.82) is 0 Å². The maximum Gasteiger partial charge on any atom is 0.0774 e. The van der Waals surface area contributed by atoms with Gasteiger partial charge in [0.1, 0.15) is 0 Å². The molecule has 0 aromatic carbocycles. The van der Waals surface area contributed by atoms with Crippen LogP contribution >= 0.6 is 22.6 Å². The summed E-state index contributed by atoms with van der Waals surface area (Å²) in [5.41, 5.74) is 0.232. The monoisotopic (exact) mass is 350 g/mol. The molecule has 0 N–H and O–H groups in total. The molecule has 0 radical (unpaired) electrons. The number of rotatable bonds is 4. The lowest BCUT2D eigenvalue weighted by atomic mass is 9.80. The van der Waals surface area contributed by atoms with Crippen LogP contribution in [0.15, 0.2) is 0 Å². The Morgan fingerprint density at radius 1 is 1.12 bits per heavy atom. The van der Waals surface area contributed by atoms with Crippen LogP contribution in [0.4, 0.5) is 0 Å². The van der Waals surface area contributed by atoms with E-state index in [0.29, 0.717) is 0 Å². The highest BCUT2D eigenvalue weighted by atomic mass is 127. The molecule has 100 valence electrons. The van der Waals surface area contributed by atoms with E-state index in [-0.39, 0.29) is 5.60 Å². The van der Waals surface area contributed by atoms with Crippen LogP contribution in [-0.4, -0.2) is 16.6 Å². The van der Waals surface area contributed by atoms with E-state index in [1.165, 1.54) is 62.2 Å². The Morgan fingerprint density at radius 2 is 1.88 bits per heavy atom. The molecular formula is C15H27IO. The Balaban J connectivity index is 1.81. The van der Waals surface area contributed by atoms with Crippen LogP contribution in [0.5, 0.6) is 0 Å². The van der Waals surface area contributed by atoms with Crippen molar-refractivity contribution < 1.29 is 4.74 Å². The van der Waals surface area contributed by atoms with Gasteiger partial charge in [-0.25, -0.2) is 0 Å². The number of ether oxygens (including phenoxy) is 1. The van der Waals surface area contributed by atoms with E-state index < -0.39 is 0 Å². The lowest BCUT2D eigenvalue weighted by Gasteiger charge is -2.40. The first-order valence-corrected chi connectivity index (χ1v) is 8.96. The van der Waals surface area contributed by atoms with E-state index in [9.17, 15) is 0 Å². The number of hydrogen-bond donors (Lipinski definition) is 0. The maximum absolute atomic E-state index is 6.42. The summed E-state index contributed by atoms with van der Waals surface area (Å²) in [6.07, 6.45) is 12.5. The van der Waals surface area contributed by atoms with E-state index >= 15 is 0 Å². The second-order valence-electron chi connectivity index (χ2n) is 6.33. The number of alkyl halides is 1. The van der Waals surface area contributed by atoms with E-state index in [4.69, 9.17) is 4.74 Å². The molecule has 2 atom stereocenters. The van der Waals surface area contributed by atoms with Crippen molar-refractivity contribution in [2.24, 2.45) is 11.8 Å². The zero-order valence-corrected chi connectivity index (χ0v) is 13.4. The van der Waals surface area contributed by atoms with Crippen LogP contribution in [0, 0.1) is 11.8 Å². The molecule has 2 unspecified atom stereocenters. The van der Waals surface area contributed by atoms with Gasteiger partial charge in [0.15, 0.2) is 0 Å². The molecule has 17 heavy (non-hydrogen) atoms. The van der Waals surface area contributed by atoms with Gasteiger partial charge in [-0.15, -0.1) is 0 Å². The first kappa shape index (κ1) is 14.1. The molecule has 2 heteroatoms. The van der Waals surface area contributed by atoms with Crippen LogP contribution < -0.4 is 0 Å². The van der Waals surface area contributed by atoms with Crippen LogP contribution in [-0.2, 0) is 4.74 Å². The first-order chi connectivity index (χ1) is 8.24. The Bertz CT molecular complexity index is 225. The summed E-state index contributed by atoms with van der Waals surface area (Å²) in [7, 11) is 0. The molecule has 2 saturated carbocycles. The minimum Gasteiger partial charge on any atom is -0.374 e. The van der Waals surface area contributed by atoms with Gasteiger partial charge in [-0.05, 0) is 37.5 Å². The van der Waals surface area contributed by atoms with Crippen molar-refractivity contribution in [3.8, 4) is 0 Å². The molecule has 0 spiro atoms. The topological polar surface area (TPSA) is 9.23 Å². The van der Waals surface area contributed by atoms with Gasteiger partial charge in [0.05, 0.1) is 12.2 Å². The average molecular weight is 350 g/mol. The molecule has 2 fully saturated rings.